The van der Waals surface area contributed by atoms with E-state index in [0.29, 0.717) is 31.0 Å². The lowest BCUT2D eigenvalue weighted by Crippen LogP contribution is -2.35. The predicted octanol–water partition coefficient (Wildman–Crippen LogP) is 3.46. The quantitative estimate of drug-likeness (QED) is 0.412. The predicted molar refractivity (Wildman–Crippen MR) is 116 cm³/mol. The Labute approximate surface area is 177 Å². The molecular weight excluding hydrogens is 380 g/mol. The van der Waals surface area contributed by atoms with Gasteiger partial charge in [-0.1, -0.05) is 37.3 Å². The molecule has 1 amide bonds. The summed E-state index contributed by atoms with van der Waals surface area (Å²) in [7, 11) is 3.83. The molecule has 2 aromatic rings. The lowest BCUT2D eigenvalue weighted by Gasteiger charge is -2.26. The summed E-state index contributed by atoms with van der Waals surface area (Å²) in [5.74, 6) is -0.724. The van der Waals surface area contributed by atoms with Crippen molar-refractivity contribution in [3.05, 3.63) is 71.3 Å². The summed E-state index contributed by atoms with van der Waals surface area (Å²) in [6.45, 7) is 3.63. The number of carbonyl (C=O) groups is 2. The molecule has 0 radical (unpaired) electrons. The van der Waals surface area contributed by atoms with Crippen LogP contribution in [0.2, 0.25) is 0 Å². The zero-order valence-corrected chi connectivity index (χ0v) is 17.7. The third-order valence-corrected chi connectivity index (χ3v) is 5.04. The number of hydrogen-bond donors (Lipinski definition) is 1. The van der Waals surface area contributed by atoms with Crippen molar-refractivity contribution in [1.29, 1.82) is 0 Å². The number of aliphatic hydroxyl groups is 1. The van der Waals surface area contributed by atoms with Crippen LogP contribution in [0.4, 0.5) is 0 Å². The van der Waals surface area contributed by atoms with Gasteiger partial charge in [-0.2, -0.15) is 0 Å². The standard InChI is InChI=1S/C24H28N2O4/c1-4-16-30-19-12-10-18(11-13-19)22(27)20-21(17-8-6-5-7-9-17)26(15-14-25(2)3)24(29)23(20)28/h5-13,21,27H,4,14-16H2,1-3H3/b22-20+. The second-order valence-corrected chi connectivity index (χ2v) is 7.58. The number of likely N-dealkylation sites (tertiary alicyclic amines) is 1. The maximum Gasteiger partial charge on any atom is 0.295 e. The summed E-state index contributed by atoms with van der Waals surface area (Å²) in [6.07, 6.45) is 0.898. The largest absolute Gasteiger partial charge is 0.507 e. The van der Waals surface area contributed by atoms with Gasteiger partial charge in [-0.25, -0.2) is 0 Å². The van der Waals surface area contributed by atoms with Crippen LogP contribution in [-0.4, -0.2) is 60.4 Å². The highest BCUT2D eigenvalue weighted by molar-refractivity contribution is 6.46. The van der Waals surface area contributed by atoms with E-state index in [4.69, 9.17) is 4.74 Å². The lowest BCUT2D eigenvalue weighted by atomic mass is 9.95. The molecule has 30 heavy (non-hydrogen) atoms. The Morgan fingerprint density at radius 1 is 1.07 bits per heavy atom. The van der Waals surface area contributed by atoms with Crippen LogP contribution >= 0.6 is 0 Å². The van der Waals surface area contributed by atoms with Crippen LogP contribution in [0.3, 0.4) is 0 Å². The Bertz CT molecular complexity index is 920. The first-order valence-electron chi connectivity index (χ1n) is 10.1. The third-order valence-electron chi connectivity index (χ3n) is 5.04. The van der Waals surface area contributed by atoms with E-state index in [0.717, 1.165) is 12.0 Å². The van der Waals surface area contributed by atoms with Gasteiger partial charge in [0.25, 0.3) is 11.7 Å². The van der Waals surface area contributed by atoms with Crippen LogP contribution in [0, 0.1) is 0 Å². The molecule has 1 N–H and O–H groups in total. The summed E-state index contributed by atoms with van der Waals surface area (Å²) in [4.78, 5) is 29.2. The summed E-state index contributed by atoms with van der Waals surface area (Å²) in [5, 5.41) is 11.0. The first-order chi connectivity index (χ1) is 14.4. The molecule has 0 spiro atoms. The zero-order chi connectivity index (χ0) is 21.7. The number of carbonyl (C=O) groups excluding carboxylic acids is 2. The zero-order valence-electron chi connectivity index (χ0n) is 17.7. The first kappa shape index (κ1) is 21.6. The van der Waals surface area contributed by atoms with Crippen LogP contribution in [0.15, 0.2) is 60.2 Å². The van der Waals surface area contributed by atoms with Gasteiger partial charge < -0.3 is 19.6 Å². The van der Waals surface area contributed by atoms with Gasteiger partial charge in [0, 0.05) is 18.7 Å². The molecule has 3 rings (SSSR count). The van der Waals surface area contributed by atoms with Crippen molar-refractivity contribution in [3.8, 4) is 5.75 Å². The van der Waals surface area contributed by atoms with E-state index in [9.17, 15) is 14.7 Å². The van der Waals surface area contributed by atoms with E-state index in [-0.39, 0.29) is 11.3 Å². The summed E-state index contributed by atoms with van der Waals surface area (Å²) in [5.41, 5.74) is 1.39. The van der Waals surface area contributed by atoms with Crippen molar-refractivity contribution in [2.75, 3.05) is 33.8 Å². The minimum Gasteiger partial charge on any atom is -0.507 e. The monoisotopic (exact) mass is 408 g/mol. The topological polar surface area (TPSA) is 70.1 Å². The summed E-state index contributed by atoms with van der Waals surface area (Å²) < 4.78 is 5.58. The lowest BCUT2D eigenvalue weighted by molar-refractivity contribution is -0.140. The molecule has 0 aliphatic carbocycles. The summed E-state index contributed by atoms with van der Waals surface area (Å²) >= 11 is 0. The molecule has 2 aromatic carbocycles. The number of likely N-dealkylation sites (N-methyl/N-ethyl adjacent to an activating group) is 1. The molecular formula is C24H28N2O4. The van der Waals surface area contributed by atoms with Gasteiger partial charge in [-0.05, 0) is 50.3 Å². The number of hydrogen-bond acceptors (Lipinski definition) is 5. The number of Topliss-reactive ketones (excluding diaryl/α,β-unsaturated/α-hetero) is 1. The smallest absolute Gasteiger partial charge is 0.295 e. The van der Waals surface area contributed by atoms with E-state index in [2.05, 4.69) is 0 Å². The molecule has 6 nitrogen and oxygen atoms in total. The second kappa shape index (κ2) is 9.59. The van der Waals surface area contributed by atoms with Gasteiger partial charge in [-0.3, -0.25) is 9.59 Å². The Morgan fingerprint density at radius 3 is 2.33 bits per heavy atom. The number of ether oxygens (including phenoxy) is 1. The highest BCUT2D eigenvalue weighted by atomic mass is 16.5. The first-order valence-corrected chi connectivity index (χ1v) is 10.1. The van der Waals surface area contributed by atoms with Crippen LogP contribution in [0.1, 0.15) is 30.5 Å². The van der Waals surface area contributed by atoms with Gasteiger partial charge in [0.2, 0.25) is 0 Å². The Kier molecular flexibility index (Phi) is 6.90. The summed E-state index contributed by atoms with van der Waals surface area (Å²) in [6, 6.07) is 15.6. The molecule has 1 aliphatic rings. The molecule has 0 aromatic heterocycles. The van der Waals surface area contributed by atoms with Crippen LogP contribution in [0.25, 0.3) is 5.76 Å². The van der Waals surface area contributed by atoms with Crippen molar-refractivity contribution in [3.63, 3.8) is 0 Å². The van der Waals surface area contributed by atoms with Crippen molar-refractivity contribution in [2.24, 2.45) is 0 Å². The second-order valence-electron chi connectivity index (χ2n) is 7.58. The minimum atomic E-state index is -0.661. The number of benzene rings is 2. The van der Waals surface area contributed by atoms with Gasteiger partial charge in [0.15, 0.2) is 0 Å². The number of ketones is 1. The van der Waals surface area contributed by atoms with Crippen LogP contribution < -0.4 is 4.74 Å². The van der Waals surface area contributed by atoms with Gasteiger partial charge in [-0.15, -0.1) is 0 Å². The Morgan fingerprint density at radius 2 is 1.73 bits per heavy atom. The average Bonchev–Trinajstić information content (AvgIpc) is 3.01. The highest BCUT2D eigenvalue weighted by Gasteiger charge is 2.45. The molecule has 1 saturated heterocycles. The number of aliphatic hydroxyl groups excluding tert-OH is 1. The normalized spacial score (nSPS) is 18.3. The maximum absolute atomic E-state index is 12.9. The van der Waals surface area contributed by atoms with Gasteiger partial charge in [0.05, 0.1) is 18.2 Å². The maximum atomic E-state index is 12.9. The fourth-order valence-electron chi connectivity index (χ4n) is 3.48. The SMILES string of the molecule is CCCOc1ccc(/C(O)=C2\C(=O)C(=O)N(CCN(C)C)C2c2ccccc2)cc1. The van der Waals surface area contributed by atoms with Crippen molar-refractivity contribution in [1.82, 2.24) is 9.80 Å². The molecule has 1 atom stereocenters. The van der Waals surface area contributed by atoms with E-state index in [1.165, 1.54) is 0 Å². The average molecular weight is 408 g/mol. The van der Waals surface area contributed by atoms with Crippen molar-refractivity contribution >= 4 is 17.4 Å². The van der Waals surface area contributed by atoms with Crippen LogP contribution in [0.5, 0.6) is 5.75 Å². The fourth-order valence-corrected chi connectivity index (χ4v) is 3.48. The third kappa shape index (κ3) is 4.54. The number of rotatable bonds is 8. The van der Waals surface area contributed by atoms with E-state index >= 15 is 0 Å². The number of amides is 1. The van der Waals surface area contributed by atoms with E-state index < -0.39 is 17.7 Å². The Hall–Kier alpha value is -3.12. The molecule has 6 heteroatoms. The van der Waals surface area contributed by atoms with E-state index in [1.807, 2.05) is 56.3 Å². The molecule has 158 valence electrons. The fraction of sp³-hybridized carbons (Fsp3) is 0.333. The molecule has 0 saturated carbocycles. The van der Waals surface area contributed by atoms with Gasteiger partial charge in [0.1, 0.15) is 11.5 Å². The minimum absolute atomic E-state index is 0.118. The van der Waals surface area contributed by atoms with E-state index in [1.54, 1.807) is 29.2 Å². The van der Waals surface area contributed by atoms with Gasteiger partial charge >= 0.3 is 0 Å². The molecule has 0 bridgehead atoms. The van der Waals surface area contributed by atoms with Crippen molar-refractivity contribution < 1.29 is 19.4 Å². The molecule has 1 unspecified atom stereocenters. The highest BCUT2D eigenvalue weighted by Crippen LogP contribution is 2.39. The molecule has 1 aliphatic heterocycles. The molecule has 1 fully saturated rings. The number of nitrogens with zero attached hydrogens (tertiary/aromatic N) is 2. The molecule has 1 heterocycles. The van der Waals surface area contributed by atoms with Crippen LogP contribution in [-0.2, 0) is 9.59 Å². The Balaban J connectivity index is 2.03. The van der Waals surface area contributed by atoms with Crippen molar-refractivity contribution in [2.45, 2.75) is 19.4 Å².